The fraction of sp³-hybridized carbons (Fsp3) is 0.222. The number of ketones is 1. The molecule has 0 heterocycles. The largest absolute Gasteiger partial charge is 0.423 e. The highest BCUT2D eigenvalue weighted by Crippen LogP contribution is 2.15. The van der Waals surface area contributed by atoms with Crippen LogP contribution in [-0.2, 0) is 0 Å². The third kappa shape index (κ3) is 3.78. The molecule has 21 heavy (non-hydrogen) atoms. The van der Waals surface area contributed by atoms with Crippen molar-refractivity contribution in [2.24, 2.45) is 5.92 Å². The molecule has 2 aromatic carbocycles. The first-order valence-electron chi connectivity index (χ1n) is 7.03. The summed E-state index contributed by atoms with van der Waals surface area (Å²) in [5.41, 5.74) is 1.06. The quantitative estimate of drug-likeness (QED) is 0.470. The van der Waals surface area contributed by atoms with Crippen molar-refractivity contribution >= 4 is 11.8 Å². The Kier molecular flexibility index (Phi) is 4.88. The molecular formula is C18H18O3. The average molecular weight is 282 g/mol. The number of hydrogen-bond donors (Lipinski definition) is 0. The number of hydrogen-bond acceptors (Lipinski definition) is 3. The van der Waals surface area contributed by atoms with Gasteiger partial charge in [0.1, 0.15) is 5.75 Å². The van der Waals surface area contributed by atoms with E-state index in [2.05, 4.69) is 0 Å². The van der Waals surface area contributed by atoms with Crippen LogP contribution in [0.4, 0.5) is 0 Å². The average Bonchev–Trinajstić information content (AvgIpc) is 2.54. The third-order valence-electron chi connectivity index (χ3n) is 3.42. The van der Waals surface area contributed by atoms with Crippen LogP contribution in [-0.4, -0.2) is 11.8 Å². The van der Waals surface area contributed by atoms with Crippen LogP contribution >= 0.6 is 0 Å². The van der Waals surface area contributed by atoms with Crippen LogP contribution in [0.25, 0.3) is 0 Å². The molecule has 0 aliphatic rings. The topological polar surface area (TPSA) is 43.4 Å². The van der Waals surface area contributed by atoms with Crippen molar-refractivity contribution in [1.82, 2.24) is 0 Å². The molecule has 0 bridgehead atoms. The molecule has 0 radical (unpaired) electrons. The van der Waals surface area contributed by atoms with Gasteiger partial charge in [0.25, 0.3) is 0 Å². The highest BCUT2D eigenvalue weighted by molar-refractivity contribution is 5.99. The molecule has 0 N–H and O–H groups in total. The number of para-hydroxylation sites is 1. The summed E-state index contributed by atoms with van der Waals surface area (Å²) in [5, 5.41) is 0. The van der Waals surface area contributed by atoms with E-state index in [9.17, 15) is 9.59 Å². The van der Waals surface area contributed by atoms with Gasteiger partial charge in [-0.1, -0.05) is 44.2 Å². The minimum Gasteiger partial charge on any atom is -0.423 e. The lowest BCUT2D eigenvalue weighted by Crippen LogP contribution is -2.12. The minimum absolute atomic E-state index is 0.00730. The molecule has 0 fully saturated rings. The van der Waals surface area contributed by atoms with E-state index in [1.54, 1.807) is 48.5 Å². The van der Waals surface area contributed by atoms with Gasteiger partial charge in [0.2, 0.25) is 0 Å². The van der Waals surface area contributed by atoms with Gasteiger partial charge in [-0.25, -0.2) is 4.79 Å². The van der Waals surface area contributed by atoms with E-state index in [1.165, 1.54) is 0 Å². The Balaban J connectivity index is 2.08. The summed E-state index contributed by atoms with van der Waals surface area (Å²) in [6.07, 6.45) is 0.802. The van der Waals surface area contributed by atoms with Gasteiger partial charge in [0.05, 0.1) is 5.56 Å². The highest BCUT2D eigenvalue weighted by atomic mass is 16.5. The SMILES string of the molecule is CCC(C)C(=O)c1ccc(C(=O)Oc2ccccc2)cc1. The molecule has 0 aliphatic heterocycles. The van der Waals surface area contributed by atoms with Crippen LogP contribution in [0.1, 0.15) is 41.0 Å². The summed E-state index contributed by atoms with van der Waals surface area (Å²) >= 11 is 0. The Morgan fingerprint density at radius 1 is 0.952 bits per heavy atom. The molecule has 0 saturated carbocycles. The van der Waals surface area contributed by atoms with Crippen molar-refractivity contribution in [1.29, 1.82) is 0 Å². The Bertz CT molecular complexity index is 615. The number of rotatable bonds is 5. The summed E-state index contributed by atoms with van der Waals surface area (Å²) in [6, 6.07) is 15.5. The zero-order chi connectivity index (χ0) is 15.2. The fourth-order valence-corrected chi connectivity index (χ4v) is 1.89. The molecule has 2 aromatic rings. The lowest BCUT2D eigenvalue weighted by atomic mass is 9.96. The molecule has 1 atom stereocenters. The standard InChI is InChI=1S/C18H18O3/c1-3-13(2)17(19)14-9-11-15(12-10-14)18(20)21-16-7-5-4-6-8-16/h4-13H,3H2,1-2H3. The Morgan fingerprint density at radius 3 is 2.10 bits per heavy atom. The van der Waals surface area contributed by atoms with Gasteiger partial charge in [-0.2, -0.15) is 0 Å². The van der Waals surface area contributed by atoms with E-state index in [0.717, 1.165) is 6.42 Å². The predicted molar refractivity (Wildman–Crippen MR) is 81.6 cm³/mol. The molecule has 3 nitrogen and oxygen atoms in total. The maximum Gasteiger partial charge on any atom is 0.343 e. The lowest BCUT2D eigenvalue weighted by molar-refractivity contribution is 0.0734. The van der Waals surface area contributed by atoms with Gasteiger partial charge in [0.15, 0.2) is 5.78 Å². The normalized spacial score (nSPS) is 11.7. The highest BCUT2D eigenvalue weighted by Gasteiger charge is 2.14. The fourth-order valence-electron chi connectivity index (χ4n) is 1.89. The molecule has 0 spiro atoms. The van der Waals surface area contributed by atoms with E-state index in [1.807, 2.05) is 19.9 Å². The summed E-state index contributed by atoms with van der Waals surface area (Å²) < 4.78 is 5.25. The minimum atomic E-state index is -0.427. The summed E-state index contributed by atoms with van der Waals surface area (Å²) in [4.78, 5) is 24.0. The van der Waals surface area contributed by atoms with E-state index < -0.39 is 5.97 Å². The van der Waals surface area contributed by atoms with Gasteiger partial charge in [-0.15, -0.1) is 0 Å². The number of Topliss-reactive ketones (excluding diaryl/α,β-unsaturated/α-hetero) is 1. The number of ether oxygens (including phenoxy) is 1. The summed E-state index contributed by atoms with van der Waals surface area (Å²) in [7, 11) is 0. The van der Waals surface area contributed by atoms with Gasteiger partial charge >= 0.3 is 5.97 Å². The van der Waals surface area contributed by atoms with Gasteiger partial charge < -0.3 is 4.74 Å². The smallest absolute Gasteiger partial charge is 0.343 e. The maximum atomic E-state index is 12.0. The Labute approximate surface area is 124 Å². The molecule has 0 saturated heterocycles. The number of carbonyl (C=O) groups excluding carboxylic acids is 2. The molecule has 3 heteroatoms. The summed E-state index contributed by atoms with van der Waals surface area (Å²) in [5.74, 6) is 0.165. The molecule has 108 valence electrons. The van der Waals surface area contributed by atoms with Crippen LogP contribution in [0.15, 0.2) is 54.6 Å². The van der Waals surface area contributed by atoms with Crippen LogP contribution in [0.3, 0.4) is 0 Å². The second kappa shape index (κ2) is 6.84. The molecule has 0 aliphatic carbocycles. The second-order valence-corrected chi connectivity index (χ2v) is 4.95. The van der Waals surface area contributed by atoms with Crippen LogP contribution in [0, 0.1) is 5.92 Å². The zero-order valence-electron chi connectivity index (χ0n) is 12.2. The van der Waals surface area contributed by atoms with Crippen molar-refractivity contribution in [3.63, 3.8) is 0 Å². The first kappa shape index (κ1) is 15.0. The van der Waals surface area contributed by atoms with E-state index in [-0.39, 0.29) is 11.7 Å². The van der Waals surface area contributed by atoms with Gasteiger partial charge in [0, 0.05) is 11.5 Å². The van der Waals surface area contributed by atoms with E-state index >= 15 is 0 Å². The molecular weight excluding hydrogens is 264 g/mol. The molecule has 2 rings (SSSR count). The Morgan fingerprint density at radius 2 is 1.52 bits per heavy atom. The van der Waals surface area contributed by atoms with Crippen LogP contribution < -0.4 is 4.74 Å². The number of esters is 1. The number of carbonyl (C=O) groups is 2. The maximum absolute atomic E-state index is 12.0. The summed E-state index contributed by atoms with van der Waals surface area (Å²) in [6.45, 7) is 3.88. The van der Waals surface area contributed by atoms with Crippen molar-refractivity contribution in [2.75, 3.05) is 0 Å². The van der Waals surface area contributed by atoms with Crippen molar-refractivity contribution in [3.8, 4) is 5.75 Å². The Hall–Kier alpha value is -2.42. The molecule has 0 amide bonds. The third-order valence-corrected chi connectivity index (χ3v) is 3.42. The predicted octanol–water partition coefficient (Wildman–Crippen LogP) is 4.13. The van der Waals surface area contributed by atoms with Gasteiger partial charge in [-0.3, -0.25) is 4.79 Å². The monoisotopic (exact) mass is 282 g/mol. The molecule has 0 aromatic heterocycles. The zero-order valence-corrected chi connectivity index (χ0v) is 12.2. The van der Waals surface area contributed by atoms with Crippen LogP contribution in [0.2, 0.25) is 0 Å². The van der Waals surface area contributed by atoms with Crippen molar-refractivity contribution in [2.45, 2.75) is 20.3 Å². The first-order chi connectivity index (χ1) is 10.1. The van der Waals surface area contributed by atoms with Crippen molar-refractivity contribution in [3.05, 3.63) is 65.7 Å². The van der Waals surface area contributed by atoms with Crippen molar-refractivity contribution < 1.29 is 14.3 Å². The number of benzene rings is 2. The first-order valence-corrected chi connectivity index (χ1v) is 7.03. The van der Waals surface area contributed by atoms with Gasteiger partial charge in [-0.05, 0) is 30.7 Å². The molecule has 1 unspecified atom stereocenters. The van der Waals surface area contributed by atoms with Crippen LogP contribution in [0.5, 0.6) is 5.75 Å². The second-order valence-electron chi connectivity index (χ2n) is 4.95. The van der Waals surface area contributed by atoms with E-state index in [0.29, 0.717) is 16.9 Å². The lowest BCUT2D eigenvalue weighted by Gasteiger charge is -2.08. The van der Waals surface area contributed by atoms with E-state index in [4.69, 9.17) is 4.74 Å².